The van der Waals surface area contributed by atoms with Crippen molar-refractivity contribution in [2.75, 3.05) is 0 Å². The molecule has 0 heterocycles. The lowest BCUT2D eigenvalue weighted by atomic mass is 10.1. The highest BCUT2D eigenvalue weighted by Crippen LogP contribution is 2.23. The lowest BCUT2D eigenvalue weighted by Crippen LogP contribution is -2.00. The number of rotatable bonds is 5. The van der Waals surface area contributed by atoms with Crippen LogP contribution in [0.15, 0.2) is 71.7 Å². The van der Waals surface area contributed by atoms with E-state index < -0.39 is 0 Å². The van der Waals surface area contributed by atoms with E-state index in [1.165, 1.54) is 11.6 Å². The van der Waals surface area contributed by atoms with Crippen LogP contribution in [0, 0.1) is 19.7 Å². The van der Waals surface area contributed by atoms with Gasteiger partial charge in [0.1, 0.15) is 18.2 Å². The Bertz CT molecular complexity index is 902. The van der Waals surface area contributed by atoms with Gasteiger partial charge in [0, 0.05) is 17.3 Å². The van der Waals surface area contributed by atoms with E-state index in [2.05, 4.69) is 24.9 Å². The van der Waals surface area contributed by atoms with Gasteiger partial charge in [-0.1, -0.05) is 42.5 Å². The van der Waals surface area contributed by atoms with Crippen LogP contribution in [0.1, 0.15) is 22.3 Å². The molecule has 2 nitrogen and oxygen atoms in total. The number of benzene rings is 3. The van der Waals surface area contributed by atoms with E-state index in [0.717, 1.165) is 16.8 Å². The maximum absolute atomic E-state index is 13.7. The minimum atomic E-state index is -0.260. The molecule has 3 heteroatoms. The first-order chi connectivity index (χ1) is 12.1. The zero-order chi connectivity index (χ0) is 17.6. The first kappa shape index (κ1) is 16.9. The smallest absolute Gasteiger partial charge is 0.129 e. The topological polar surface area (TPSA) is 21.6 Å². The van der Waals surface area contributed by atoms with E-state index in [9.17, 15) is 4.39 Å². The third kappa shape index (κ3) is 4.13. The Labute approximate surface area is 147 Å². The van der Waals surface area contributed by atoms with Gasteiger partial charge in [-0.2, -0.15) is 0 Å². The average Bonchev–Trinajstić information content (AvgIpc) is 2.63. The standard InChI is InChI=1S/C22H20FNO/c1-16-8-7-12-21(17(16)2)24-14-18-9-4-6-13-22(18)25-15-19-10-3-5-11-20(19)23/h3-14H,15H2,1-2H3. The molecule has 3 aromatic carbocycles. The minimum Gasteiger partial charge on any atom is -0.488 e. The highest BCUT2D eigenvalue weighted by Gasteiger charge is 2.05. The van der Waals surface area contributed by atoms with Crippen molar-refractivity contribution in [2.24, 2.45) is 4.99 Å². The van der Waals surface area contributed by atoms with Crippen molar-refractivity contribution < 1.29 is 9.13 Å². The minimum absolute atomic E-state index is 0.182. The number of hydrogen-bond acceptors (Lipinski definition) is 2. The van der Waals surface area contributed by atoms with E-state index in [-0.39, 0.29) is 12.4 Å². The quantitative estimate of drug-likeness (QED) is 0.543. The number of nitrogens with zero attached hydrogens (tertiary/aromatic N) is 1. The number of aliphatic imine (C=N–C) groups is 1. The number of para-hydroxylation sites is 1. The maximum atomic E-state index is 13.7. The predicted octanol–water partition coefficient (Wildman–Crippen LogP) is 5.77. The Balaban J connectivity index is 1.80. The third-order valence-electron chi connectivity index (χ3n) is 4.18. The van der Waals surface area contributed by atoms with Gasteiger partial charge in [0.2, 0.25) is 0 Å². The largest absolute Gasteiger partial charge is 0.488 e. The summed E-state index contributed by atoms with van der Waals surface area (Å²) in [4.78, 5) is 4.59. The lowest BCUT2D eigenvalue weighted by molar-refractivity contribution is 0.299. The summed E-state index contributed by atoms with van der Waals surface area (Å²) in [5.41, 5.74) is 4.69. The summed E-state index contributed by atoms with van der Waals surface area (Å²) < 4.78 is 19.6. The van der Waals surface area contributed by atoms with Gasteiger partial charge in [-0.05, 0) is 49.2 Å². The molecule has 0 aliphatic heterocycles. The van der Waals surface area contributed by atoms with E-state index in [0.29, 0.717) is 11.3 Å². The fourth-order valence-corrected chi connectivity index (χ4v) is 2.50. The molecule has 0 amide bonds. The van der Waals surface area contributed by atoms with Crippen LogP contribution in [-0.2, 0) is 6.61 Å². The summed E-state index contributed by atoms with van der Waals surface area (Å²) in [5.74, 6) is 0.420. The second kappa shape index (κ2) is 7.75. The zero-order valence-electron chi connectivity index (χ0n) is 14.4. The van der Waals surface area contributed by atoms with Gasteiger partial charge in [0.05, 0.1) is 5.69 Å². The fraction of sp³-hybridized carbons (Fsp3) is 0.136. The molecular weight excluding hydrogens is 313 g/mol. The molecule has 0 aliphatic rings. The number of aryl methyl sites for hydroxylation is 1. The van der Waals surface area contributed by atoms with Crippen molar-refractivity contribution in [1.29, 1.82) is 0 Å². The van der Waals surface area contributed by atoms with Gasteiger partial charge >= 0.3 is 0 Å². The monoisotopic (exact) mass is 333 g/mol. The van der Waals surface area contributed by atoms with Crippen molar-refractivity contribution in [2.45, 2.75) is 20.5 Å². The van der Waals surface area contributed by atoms with Crippen molar-refractivity contribution in [3.8, 4) is 5.75 Å². The Kier molecular flexibility index (Phi) is 5.24. The molecule has 0 saturated heterocycles. The maximum Gasteiger partial charge on any atom is 0.129 e. The van der Waals surface area contributed by atoms with Crippen molar-refractivity contribution in [3.05, 3.63) is 94.8 Å². The summed E-state index contributed by atoms with van der Waals surface area (Å²) in [6.45, 7) is 4.31. The summed E-state index contributed by atoms with van der Waals surface area (Å²) in [7, 11) is 0. The Morgan fingerprint density at radius 1 is 0.920 bits per heavy atom. The molecule has 3 rings (SSSR count). The van der Waals surface area contributed by atoms with Gasteiger partial charge in [-0.3, -0.25) is 4.99 Å². The Morgan fingerprint density at radius 2 is 1.68 bits per heavy atom. The van der Waals surface area contributed by atoms with Gasteiger partial charge in [-0.15, -0.1) is 0 Å². The van der Waals surface area contributed by atoms with Crippen LogP contribution in [0.4, 0.5) is 10.1 Å². The van der Waals surface area contributed by atoms with E-state index in [1.54, 1.807) is 24.4 Å². The Hall–Kier alpha value is -2.94. The van der Waals surface area contributed by atoms with Crippen LogP contribution in [0.5, 0.6) is 5.75 Å². The first-order valence-electron chi connectivity index (χ1n) is 8.20. The fourth-order valence-electron chi connectivity index (χ4n) is 2.50. The SMILES string of the molecule is Cc1cccc(N=Cc2ccccc2OCc2ccccc2F)c1C. The molecule has 3 aromatic rings. The molecule has 0 radical (unpaired) electrons. The summed E-state index contributed by atoms with van der Waals surface area (Å²) in [6.07, 6.45) is 1.79. The second-order valence-corrected chi connectivity index (χ2v) is 5.90. The normalized spacial score (nSPS) is 11.0. The second-order valence-electron chi connectivity index (χ2n) is 5.90. The highest BCUT2D eigenvalue weighted by atomic mass is 19.1. The summed E-state index contributed by atoms with van der Waals surface area (Å²) in [6, 6.07) is 20.3. The zero-order valence-corrected chi connectivity index (χ0v) is 14.4. The Morgan fingerprint density at radius 3 is 2.52 bits per heavy atom. The molecule has 0 saturated carbocycles. The number of ether oxygens (including phenoxy) is 1. The molecule has 0 aromatic heterocycles. The average molecular weight is 333 g/mol. The molecule has 0 bridgehead atoms. The van der Waals surface area contributed by atoms with Crippen LogP contribution in [0.3, 0.4) is 0 Å². The van der Waals surface area contributed by atoms with Gasteiger partial charge in [0.25, 0.3) is 0 Å². The molecule has 0 N–H and O–H groups in total. The highest BCUT2D eigenvalue weighted by molar-refractivity contribution is 5.85. The molecule has 126 valence electrons. The van der Waals surface area contributed by atoms with E-state index >= 15 is 0 Å². The number of hydrogen-bond donors (Lipinski definition) is 0. The molecule has 0 fully saturated rings. The van der Waals surface area contributed by atoms with Gasteiger partial charge < -0.3 is 4.74 Å². The molecule has 0 aliphatic carbocycles. The van der Waals surface area contributed by atoms with Crippen molar-refractivity contribution in [1.82, 2.24) is 0 Å². The number of halogens is 1. The molecule has 0 atom stereocenters. The van der Waals surface area contributed by atoms with Crippen molar-refractivity contribution in [3.63, 3.8) is 0 Å². The van der Waals surface area contributed by atoms with Crippen LogP contribution in [0.25, 0.3) is 0 Å². The van der Waals surface area contributed by atoms with Crippen LogP contribution < -0.4 is 4.74 Å². The summed E-state index contributed by atoms with van der Waals surface area (Å²) in [5, 5.41) is 0. The lowest BCUT2D eigenvalue weighted by Gasteiger charge is -2.10. The third-order valence-corrected chi connectivity index (χ3v) is 4.18. The molecule has 25 heavy (non-hydrogen) atoms. The molecule has 0 spiro atoms. The predicted molar refractivity (Wildman–Crippen MR) is 100 cm³/mol. The first-order valence-corrected chi connectivity index (χ1v) is 8.20. The summed E-state index contributed by atoms with van der Waals surface area (Å²) >= 11 is 0. The van der Waals surface area contributed by atoms with Gasteiger partial charge in [0.15, 0.2) is 0 Å². The van der Waals surface area contributed by atoms with Crippen LogP contribution in [0.2, 0.25) is 0 Å². The van der Waals surface area contributed by atoms with Crippen LogP contribution >= 0.6 is 0 Å². The molecule has 0 unspecified atom stereocenters. The van der Waals surface area contributed by atoms with E-state index in [1.807, 2.05) is 36.4 Å². The van der Waals surface area contributed by atoms with Crippen LogP contribution in [-0.4, -0.2) is 6.21 Å². The molecular formula is C22H20FNO. The van der Waals surface area contributed by atoms with Crippen molar-refractivity contribution >= 4 is 11.9 Å². The van der Waals surface area contributed by atoms with E-state index in [4.69, 9.17) is 4.74 Å². The van der Waals surface area contributed by atoms with Gasteiger partial charge in [-0.25, -0.2) is 4.39 Å².